The fourth-order valence-electron chi connectivity index (χ4n) is 1.32. The number of nitrogens with zero attached hydrogens (tertiary/aromatic N) is 3. The molecular weight excluding hydrogens is 162 g/mol. The third-order valence-corrected chi connectivity index (χ3v) is 2.44. The molecule has 0 N–H and O–H groups in total. The van der Waals surface area contributed by atoms with E-state index in [-0.39, 0.29) is 0 Å². The van der Waals surface area contributed by atoms with Gasteiger partial charge < -0.3 is 0 Å². The van der Waals surface area contributed by atoms with Crippen LogP contribution in [0.4, 0.5) is 0 Å². The van der Waals surface area contributed by atoms with E-state index in [9.17, 15) is 0 Å². The number of rotatable bonds is 6. The van der Waals surface area contributed by atoms with E-state index in [0.29, 0.717) is 18.4 Å². The molecule has 0 aromatic carbocycles. The Morgan fingerprint density at radius 1 is 1.15 bits per heavy atom. The molecule has 0 heterocycles. The fourth-order valence-corrected chi connectivity index (χ4v) is 1.32. The number of hydrogen-bond acceptors (Lipinski definition) is 1. The molecule has 1 unspecified atom stereocenters. The Morgan fingerprint density at radius 2 is 1.77 bits per heavy atom. The van der Waals surface area contributed by atoms with Crippen molar-refractivity contribution >= 4 is 0 Å². The van der Waals surface area contributed by atoms with Gasteiger partial charge in [0.05, 0.1) is 0 Å². The molecule has 0 bridgehead atoms. The third-order valence-electron chi connectivity index (χ3n) is 2.44. The van der Waals surface area contributed by atoms with E-state index < -0.39 is 0 Å². The molecule has 0 saturated heterocycles. The maximum atomic E-state index is 8.23. The molecule has 0 fully saturated rings. The van der Waals surface area contributed by atoms with E-state index >= 15 is 0 Å². The highest BCUT2D eigenvalue weighted by molar-refractivity contribution is 4.67. The van der Waals surface area contributed by atoms with Gasteiger partial charge in [0.2, 0.25) is 0 Å². The van der Waals surface area contributed by atoms with Crippen molar-refractivity contribution in [3.05, 3.63) is 10.4 Å². The lowest BCUT2D eigenvalue weighted by Gasteiger charge is -2.19. The SMILES string of the molecule is CC(C)CCC(CN=[N+]=[N-])C(C)C. The summed E-state index contributed by atoms with van der Waals surface area (Å²) in [4.78, 5) is 2.81. The van der Waals surface area contributed by atoms with Crippen molar-refractivity contribution in [1.29, 1.82) is 0 Å². The molecule has 13 heavy (non-hydrogen) atoms. The Bertz CT molecular complexity index is 169. The van der Waals surface area contributed by atoms with Crippen molar-refractivity contribution in [1.82, 2.24) is 0 Å². The van der Waals surface area contributed by atoms with Crippen LogP contribution in [0.5, 0.6) is 0 Å². The van der Waals surface area contributed by atoms with Gasteiger partial charge in [-0.25, -0.2) is 0 Å². The standard InChI is InChI=1S/C10H21N3/c1-8(2)5-6-10(9(3)4)7-12-13-11/h8-10H,5-7H2,1-4H3. The van der Waals surface area contributed by atoms with Gasteiger partial charge in [0, 0.05) is 11.5 Å². The molecule has 0 rings (SSSR count). The van der Waals surface area contributed by atoms with Gasteiger partial charge in [-0.2, -0.15) is 0 Å². The first-order valence-electron chi connectivity index (χ1n) is 5.08. The van der Waals surface area contributed by atoms with Crippen LogP contribution in [0.15, 0.2) is 5.11 Å². The molecule has 0 radical (unpaired) electrons. The van der Waals surface area contributed by atoms with Gasteiger partial charge in [-0.05, 0) is 29.7 Å². The summed E-state index contributed by atoms with van der Waals surface area (Å²) in [6.07, 6.45) is 2.40. The smallest absolute Gasteiger partial charge is 0.0288 e. The topological polar surface area (TPSA) is 48.8 Å². The monoisotopic (exact) mass is 183 g/mol. The molecule has 3 nitrogen and oxygen atoms in total. The summed E-state index contributed by atoms with van der Waals surface area (Å²) in [6, 6.07) is 0. The average molecular weight is 183 g/mol. The second-order valence-electron chi connectivity index (χ2n) is 4.39. The van der Waals surface area contributed by atoms with E-state index in [1.54, 1.807) is 0 Å². The molecule has 0 saturated carbocycles. The first-order chi connectivity index (χ1) is 6.07. The van der Waals surface area contributed by atoms with E-state index in [1.807, 2.05) is 0 Å². The zero-order chi connectivity index (χ0) is 10.3. The summed E-state index contributed by atoms with van der Waals surface area (Å²) in [5, 5.41) is 3.65. The Balaban J connectivity index is 3.87. The second kappa shape index (κ2) is 6.79. The summed E-state index contributed by atoms with van der Waals surface area (Å²) >= 11 is 0. The molecule has 3 heteroatoms. The summed E-state index contributed by atoms with van der Waals surface area (Å²) in [7, 11) is 0. The molecule has 76 valence electrons. The zero-order valence-electron chi connectivity index (χ0n) is 9.20. The molecule has 0 aliphatic heterocycles. The summed E-state index contributed by atoms with van der Waals surface area (Å²) in [5.41, 5.74) is 8.23. The Labute approximate surface area is 81.2 Å². The zero-order valence-corrected chi connectivity index (χ0v) is 9.20. The molecular formula is C10H21N3. The van der Waals surface area contributed by atoms with E-state index in [0.717, 1.165) is 5.92 Å². The second-order valence-corrected chi connectivity index (χ2v) is 4.39. The van der Waals surface area contributed by atoms with Gasteiger partial charge in [0.15, 0.2) is 0 Å². The van der Waals surface area contributed by atoms with Crippen molar-refractivity contribution < 1.29 is 0 Å². The van der Waals surface area contributed by atoms with Crippen LogP contribution in [-0.4, -0.2) is 6.54 Å². The first kappa shape index (κ1) is 12.3. The highest BCUT2D eigenvalue weighted by Gasteiger charge is 2.12. The average Bonchev–Trinajstić information content (AvgIpc) is 2.03. The third kappa shape index (κ3) is 6.47. The summed E-state index contributed by atoms with van der Waals surface area (Å²) in [6.45, 7) is 9.49. The molecule has 0 aromatic heterocycles. The van der Waals surface area contributed by atoms with Crippen LogP contribution in [-0.2, 0) is 0 Å². The van der Waals surface area contributed by atoms with E-state index in [4.69, 9.17) is 5.53 Å². The van der Waals surface area contributed by atoms with E-state index in [1.165, 1.54) is 12.8 Å². The van der Waals surface area contributed by atoms with Crippen molar-refractivity contribution in [2.75, 3.05) is 6.54 Å². The molecule has 0 aliphatic rings. The lowest BCUT2D eigenvalue weighted by Crippen LogP contribution is -2.12. The van der Waals surface area contributed by atoms with Crippen LogP contribution in [0.1, 0.15) is 40.5 Å². The molecule has 0 spiro atoms. The van der Waals surface area contributed by atoms with Crippen LogP contribution >= 0.6 is 0 Å². The Morgan fingerprint density at radius 3 is 2.15 bits per heavy atom. The highest BCUT2D eigenvalue weighted by Crippen LogP contribution is 2.20. The van der Waals surface area contributed by atoms with Gasteiger partial charge in [0.25, 0.3) is 0 Å². The maximum Gasteiger partial charge on any atom is 0.0288 e. The minimum atomic E-state index is 0.554. The van der Waals surface area contributed by atoms with Crippen LogP contribution in [0.3, 0.4) is 0 Å². The van der Waals surface area contributed by atoms with Crippen molar-refractivity contribution in [3.8, 4) is 0 Å². The normalized spacial score (nSPS) is 13.1. The fraction of sp³-hybridized carbons (Fsp3) is 1.00. The predicted molar refractivity (Wildman–Crippen MR) is 56.4 cm³/mol. The minimum absolute atomic E-state index is 0.554. The Kier molecular flexibility index (Phi) is 6.43. The van der Waals surface area contributed by atoms with Crippen LogP contribution in [0, 0.1) is 17.8 Å². The van der Waals surface area contributed by atoms with Crippen molar-refractivity contribution in [2.45, 2.75) is 40.5 Å². The van der Waals surface area contributed by atoms with Crippen LogP contribution in [0.2, 0.25) is 0 Å². The molecule has 1 atom stereocenters. The van der Waals surface area contributed by atoms with Crippen LogP contribution < -0.4 is 0 Å². The molecule has 0 amide bonds. The summed E-state index contributed by atoms with van der Waals surface area (Å²) in [5.74, 6) is 1.91. The minimum Gasteiger partial charge on any atom is -0.0937 e. The summed E-state index contributed by atoms with van der Waals surface area (Å²) < 4.78 is 0. The Hall–Kier alpha value is -0.690. The van der Waals surface area contributed by atoms with Gasteiger partial charge in [0.1, 0.15) is 0 Å². The lowest BCUT2D eigenvalue weighted by atomic mass is 9.89. The van der Waals surface area contributed by atoms with Crippen molar-refractivity contribution in [2.24, 2.45) is 22.9 Å². The predicted octanol–water partition coefficient (Wildman–Crippen LogP) is 4.01. The largest absolute Gasteiger partial charge is 0.0937 e. The highest BCUT2D eigenvalue weighted by atomic mass is 15.1. The van der Waals surface area contributed by atoms with Crippen LogP contribution in [0.25, 0.3) is 10.4 Å². The molecule has 0 aliphatic carbocycles. The maximum absolute atomic E-state index is 8.23. The number of hydrogen-bond donors (Lipinski definition) is 0. The van der Waals surface area contributed by atoms with Gasteiger partial charge in [-0.3, -0.25) is 0 Å². The quantitative estimate of drug-likeness (QED) is 0.339. The van der Waals surface area contributed by atoms with Gasteiger partial charge in [-0.15, -0.1) is 0 Å². The first-order valence-corrected chi connectivity index (χ1v) is 5.08. The lowest BCUT2D eigenvalue weighted by molar-refractivity contribution is 0.339. The van der Waals surface area contributed by atoms with Crippen molar-refractivity contribution in [3.63, 3.8) is 0 Å². The van der Waals surface area contributed by atoms with E-state index in [2.05, 4.69) is 37.7 Å². The number of azide groups is 1. The molecule has 0 aromatic rings. The van der Waals surface area contributed by atoms with Gasteiger partial charge in [-0.1, -0.05) is 39.2 Å². The van der Waals surface area contributed by atoms with Gasteiger partial charge >= 0.3 is 0 Å².